The van der Waals surface area contributed by atoms with Gasteiger partial charge in [-0.2, -0.15) is 0 Å². The van der Waals surface area contributed by atoms with Crippen LogP contribution in [0.15, 0.2) is 109 Å². The number of rotatable bonds is 10. The van der Waals surface area contributed by atoms with E-state index in [2.05, 4.69) is 23.7 Å². The predicted molar refractivity (Wildman–Crippen MR) is 198 cm³/mol. The van der Waals surface area contributed by atoms with Crippen molar-refractivity contribution in [1.29, 1.82) is 0 Å². The molecule has 0 aliphatic carbocycles. The molecule has 10 nitrogen and oxygen atoms in total. The van der Waals surface area contributed by atoms with Crippen LogP contribution < -0.4 is 26.4 Å². The van der Waals surface area contributed by atoms with E-state index >= 15 is 0 Å². The van der Waals surface area contributed by atoms with Crippen molar-refractivity contribution in [1.82, 2.24) is 19.8 Å². The molecule has 0 radical (unpaired) electrons. The van der Waals surface area contributed by atoms with E-state index < -0.39 is 5.91 Å². The van der Waals surface area contributed by atoms with E-state index in [1.54, 1.807) is 33.7 Å². The fourth-order valence-electron chi connectivity index (χ4n) is 5.43. The average Bonchev–Trinajstić information content (AvgIpc) is 3.49. The van der Waals surface area contributed by atoms with Crippen LogP contribution >= 0.6 is 0 Å². The van der Waals surface area contributed by atoms with E-state index in [0.717, 1.165) is 24.2 Å². The largest absolute Gasteiger partial charge is 0.457 e. The molecule has 5 N–H and O–H groups in total. The van der Waals surface area contributed by atoms with Gasteiger partial charge in [-0.25, -0.2) is 9.37 Å². The van der Waals surface area contributed by atoms with Gasteiger partial charge in [-0.05, 0) is 67.1 Å². The van der Waals surface area contributed by atoms with E-state index in [1.165, 1.54) is 12.1 Å². The Morgan fingerprint density at radius 3 is 2.22 bits per heavy atom. The summed E-state index contributed by atoms with van der Waals surface area (Å²) in [5.41, 5.74) is 14.1. The van der Waals surface area contributed by atoms with Crippen molar-refractivity contribution in [2.75, 3.05) is 37.6 Å². The first-order chi connectivity index (χ1) is 24.2. The van der Waals surface area contributed by atoms with E-state index in [-0.39, 0.29) is 18.3 Å². The highest BCUT2D eigenvalue weighted by Crippen LogP contribution is 2.30. The lowest BCUT2D eigenvalue weighted by Gasteiger charge is -2.36. The Kier molecular flexibility index (Phi) is 13.4. The second-order valence-electron chi connectivity index (χ2n) is 11.3. The van der Waals surface area contributed by atoms with Gasteiger partial charge in [0.05, 0.1) is 16.9 Å². The summed E-state index contributed by atoms with van der Waals surface area (Å²) in [6, 6.07) is 28.7. The SMILES string of the molecule is C=C(N)NCCC.CC.NC(=O)Cn1c(-c2cccc(Oc3ccccc3)c2)nc2cc(C(=O)N3CCN(c4cccc(F)c4)CC3)ccc21. The Balaban J connectivity index is 0.000000559. The molecule has 1 saturated heterocycles. The first-order valence-electron chi connectivity index (χ1n) is 16.8. The number of nitrogens with zero attached hydrogens (tertiary/aromatic N) is 4. The molecule has 6 rings (SSSR count). The zero-order chi connectivity index (χ0) is 36.0. The Morgan fingerprint density at radius 2 is 1.58 bits per heavy atom. The number of imidazole rings is 1. The topological polar surface area (TPSA) is 132 Å². The van der Waals surface area contributed by atoms with Crippen LogP contribution in [-0.2, 0) is 11.3 Å². The molecule has 50 heavy (non-hydrogen) atoms. The number of anilines is 1. The smallest absolute Gasteiger partial charge is 0.254 e. The number of amides is 2. The maximum Gasteiger partial charge on any atom is 0.254 e. The minimum atomic E-state index is -0.501. The van der Waals surface area contributed by atoms with Crippen molar-refractivity contribution in [3.63, 3.8) is 0 Å². The lowest BCUT2D eigenvalue weighted by Crippen LogP contribution is -2.48. The molecule has 0 saturated carbocycles. The summed E-state index contributed by atoms with van der Waals surface area (Å²) in [4.78, 5) is 34.1. The molecule has 0 atom stereocenters. The Bertz CT molecular complexity index is 1890. The number of hydrogen-bond acceptors (Lipinski definition) is 7. The van der Waals surface area contributed by atoms with E-state index in [0.29, 0.717) is 65.9 Å². The van der Waals surface area contributed by atoms with Gasteiger partial charge < -0.3 is 35.9 Å². The van der Waals surface area contributed by atoms with Gasteiger partial charge in [0.25, 0.3) is 5.91 Å². The van der Waals surface area contributed by atoms with Crippen LogP contribution in [0.2, 0.25) is 0 Å². The third kappa shape index (κ3) is 9.85. The van der Waals surface area contributed by atoms with Crippen LogP contribution in [0.25, 0.3) is 22.4 Å². The number of nitrogens with two attached hydrogens (primary N) is 2. The van der Waals surface area contributed by atoms with Gasteiger partial charge in [0.15, 0.2) is 0 Å². The maximum absolute atomic E-state index is 13.7. The molecule has 2 heterocycles. The number of fused-ring (bicyclic) bond motifs is 1. The van der Waals surface area contributed by atoms with Crippen LogP contribution in [0.1, 0.15) is 37.6 Å². The van der Waals surface area contributed by atoms with Crippen molar-refractivity contribution >= 4 is 28.5 Å². The third-order valence-corrected chi connectivity index (χ3v) is 7.72. The number of piperazine rings is 1. The van der Waals surface area contributed by atoms with E-state index in [1.807, 2.05) is 74.5 Å². The zero-order valence-corrected chi connectivity index (χ0v) is 28.9. The summed E-state index contributed by atoms with van der Waals surface area (Å²) in [6.07, 6.45) is 1.09. The van der Waals surface area contributed by atoms with Crippen LogP contribution in [0.3, 0.4) is 0 Å². The molecule has 5 aromatic rings. The van der Waals surface area contributed by atoms with Gasteiger partial charge in [-0.3, -0.25) is 9.59 Å². The second-order valence-corrected chi connectivity index (χ2v) is 11.3. The molecule has 1 fully saturated rings. The zero-order valence-electron chi connectivity index (χ0n) is 28.9. The lowest BCUT2D eigenvalue weighted by atomic mass is 10.1. The highest BCUT2D eigenvalue weighted by Gasteiger charge is 2.24. The van der Waals surface area contributed by atoms with Crippen LogP contribution in [-0.4, -0.2) is 59.0 Å². The van der Waals surface area contributed by atoms with Gasteiger partial charge in [0, 0.05) is 49.5 Å². The number of carbonyl (C=O) groups is 2. The van der Waals surface area contributed by atoms with Gasteiger partial charge >= 0.3 is 0 Å². The average molecular weight is 680 g/mol. The number of para-hydroxylation sites is 1. The quantitative estimate of drug-likeness (QED) is 0.153. The molecule has 1 aromatic heterocycles. The van der Waals surface area contributed by atoms with Gasteiger partial charge in [-0.1, -0.05) is 63.7 Å². The van der Waals surface area contributed by atoms with Crippen molar-refractivity contribution < 1.29 is 18.7 Å². The lowest BCUT2D eigenvalue weighted by molar-refractivity contribution is -0.118. The molecule has 2 amide bonds. The minimum Gasteiger partial charge on any atom is -0.457 e. The van der Waals surface area contributed by atoms with Gasteiger partial charge in [-0.15, -0.1) is 0 Å². The molecule has 4 aromatic carbocycles. The number of nitrogens with one attached hydrogen (secondary N) is 1. The van der Waals surface area contributed by atoms with Crippen LogP contribution in [0.4, 0.5) is 10.1 Å². The summed E-state index contributed by atoms with van der Waals surface area (Å²) < 4.78 is 21.4. The number of carbonyl (C=O) groups excluding carboxylic acids is 2. The Morgan fingerprint density at radius 1 is 0.880 bits per heavy atom. The number of benzene rings is 4. The van der Waals surface area contributed by atoms with E-state index in [4.69, 9.17) is 21.2 Å². The molecular formula is C39H46FN7O3. The number of primary amides is 1. The first-order valence-corrected chi connectivity index (χ1v) is 16.8. The number of ether oxygens (including phenoxy) is 1. The Labute approximate surface area is 293 Å². The summed E-state index contributed by atoms with van der Waals surface area (Å²) in [5, 5.41) is 2.88. The van der Waals surface area contributed by atoms with Crippen molar-refractivity contribution in [2.45, 2.75) is 33.7 Å². The molecule has 262 valence electrons. The number of aromatic nitrogens is 2. The standard InChI is InChI=1S/C32H28FN5O3.C5H12N2.C2H6/c33-24-7-5-8-25(20-24)36-14-16-37(17-15-36)32(40)23-12-13-29-28(19-23)35-31(38(29)21-30(34)39)22-6-4-11-27(18-22)41-26-9-2-1-3-10-26;1-3-4-7-5(2)6;1-2/h1-13,18-20H,14-17,21H2,(H2,34,39);7H,2-4,6H2,1H3;1-2H3. The van der Waals surface area contributed by atoms with Gasteiger partial charge in [0.2, 0.25) is 5.91 Å². The molecular weight excluding hydrogens is 633 g/mol. The summed E-state index contributed by atoms with van der Waals surface area (Å²) in [5.74, 6) is 1.55. The summed E-state index contributed by atoms with van der Waals surface area (Å²) >= 11 is 0. The minimum absolute atomic E-state index is 0.0645. The van der Waals surface area contributed by atoms with Gasteiger partial charge in [0.1, 0.15) is 29.7 Å². The molecule has 0 bridgehead atoms. The molecule has 0 unspecified atom stereocenters. The Hall–Kier alpha value is -5.84. The fourth-order valence-corrected chi connectivity index (χ4v) is 5.43. The molecule has 0 spiro atoms. The van der Waals surface area contributed by atoms with Crippen LogP contribution in [0, 0.1) is 5.82 Å². The maximum atomic E-state index is 13.7. The van der Waals surface area contributed by atoms with Crippen LogP contribution in [0.5, 0.6) is 11.5 Å². The summed E-state index contributed by atoms with van der Waals surface area (Å²) in [6.45, 7) is 12.6. The van der Waals surface area contributed by atoms with Crippen molar-refractivity contribution in [3.8, 4) is 22.9 Å². The molecule has 1 aliphatic heterocycles. The van der Waals surface area contributed by atoms with Crippen molar-refractivity contribution in [3.05, 3.63) is 121 Å². The second kappa shape index (κ2) is 18.1. The van der Waals surface area contributed by atoms with E-state index in [9.17, 15) is 14.0 Å². The number of hydrogen-bond donors (Lipinski definition) is 3. The normalized spacial score (nSPS) is 12.2. The van der Waals surface area contributed by atoms with Crippen molar-refractivity contribution in [2.24, 2.45) is 11.5 Å². The highest BCUT2D eigenvalue weighted by atomic mass is 19.1. The third-order valence-electron chi connectivity index (χ3n) is 7.72. The predicted octanol–water partition coefficient (Wildman–Crippen LogP) is 6.52. The highest BCUT2D eigenvalue weighted by molar-refractivity contribution is 5.98. The fraction of sp³-hybridized carbons (Fsp3) is 0.256. The molecule has 11 heteroatoms. The monoisotopic (exact) mass is 679 g/mol. The number of halogens is 1. The summed E-state index contributed by atoms with van der Waals surface area (Å²) in [7, 11) is 0. The molecule has 1 aliphatic rings. The first kappa shape index (κ1) is 37.0.